The summed E-state index contributed by atoms with van der Waals surface area (Å²) < 4.78 is 5.37. The number of carbonyl (C=O) groups excluding carboxylic acids is 1. The number of ether oxygens (including phenoxy) is 1. The number of nitrogens with zero attached hydrogens (tertiary/aromatic N) is 3. The molecule has 1 unspecified atom stereocenters. The standard InChI is InChI=1S/C20H19N5O2S2/c1-3-16(28-19-21-13-9-5-6-10-14(13)22-19)17(26)23-20-25-24-18(29-20)12-8-4-7-11-15(12)27-2/h4-11,16H,3H2,1-2H3,(H,21,22)(H,23,25,26). The number of benzene rings is 2. The molecule has 2 aromatic heterocycles. The van der Waals surface area contributed by atoms with Crippen LogP contribution in [0.2, 0.25) is 0 Å². The van der Waals surface area contributed by atoms with Crippen molar-refractivity contribution >= 4 is 45.2 Å². The molecule has 7 nitrogen and oxygen atoms in total. The zero-order chi connectivity index (χ0) is 20.2. The van der Waals surface area contributed by atoms with Crippen LogP contribution in [-0.4, -0.2) is 38.4 Å². The lowest BCUT2D eigenvalue weighted by molar-refractivity contribution is -0.115. The average molecular weight is 426 g/mol. The summed E-state index contributed by atoms with van der Waals surface area (Å²) in [5, 5.41) is 12.8. The minimum atomic E-state index is -0.297. The van der Waals surface area contributed by atoms with E-state index in [0.29, 0.717) is 22.3 Å². The summed E-state index contributed by atoms with van der Waals surface area (Å²) in [6, 6.07) is 15.4. The van der Waals surface area contributed by atoms with Gasteiger partial charge in [-0.05, 0) is 30.7 Å². The number of carbonyl (C=O) groups is 1. The Labute approximate surface area is 175 Å². The summed E-state index contributed by atoms with van der Waals surface area (Å²) in [5.41, 5.74) is 2.68. The maximum atomic E-state index is 12.8. The Balaban J connectivity index is 1.47. The highest BCUT2D eigenvalue weighted by Crippen LogP contribution is 2.34. The molecule has 9 heteroatoms. The second-order valence-electron chi connectivity index (χ2n) is 6.18. The third-order valence-corrected chi connectivity index (χ3v) is 6.40. The van der Waals surface area contributed by atoms with E-state index in [1.54, 1.807) is 7.11 Å². The predicted molar refractivity (Wildman–Crippen MR) is 117 cm³/mol. The summed E-state index contributed by atoms with van der Waals surface area (Å²) in [6.07, 6.45) is 0.658. The second kappa shape index (κ2) is 8.62. The lowest BCUT2D eigenvalue weighted by Crippen LogP contribution is -2.24. The van der Waals surface area contributed by atoms with Gasteiger partial charge in [0.25, 0.3) is 0 Å². The lowest BCUT2D eigenvalue weighted by Gasteiger charge is -2.11. The summed E-state index contributed by atoms with van der Waals surface area (Å²) >= 11 is 2.72. The molecule has 2 aromatic carbocycles. The van der Waals surface area contributed by atoms with Gasteiger partial charge in [-0.2, -0.15) is 0 Å². The molecule has 148 valence electrons. The lowest BCUT2D eigenvalue weighted by atomic mass is 10.2. The molecular formula is C20H19N5O2S2. The zero-order valence-electron chi connectivity index (χ0n) is 15.9. The van der Waals surface area contributed by atoms with Gasteiger partial charge in [-0.1, -0.05) is 54.3 Å². The molecule has 2 heterocycles. The van der Waals surface area contributed by atoms with E-state index in [2.05, 4.69) is 25.5 Å². The van der Waals surface area contributed by atoms with Crippen LogP contribution in [0, 0.1) is 0 Å². The van der Waals surface area contributed by atoms with E-state index in [9.17, 15) is 4.79 Å². The maximum absolute atomic E-state index is 12.8. The van der Waals surface area contributed by atoms with Gasteiger partial charge in [0.15, 0.2) is 10.2 Å². The number of fused-ring (bicyclic) bond motifs is 1. The van der Waals surface area contributed by atoms with Crippen molar-refractivity contribution < 1.29 is 9.53 Å². The molecule has 0 saturated carbocycles. The molecule has 0 spiro atoms. The van der Waals surface area contributed by atoms with Crippen LogP contribution < -0.4 is 10.1 Å². The van der Waals surface area contributed by atoms with Crippen molar-refractivity contribution in [3.8, 4) is 16.3 Å². The van der Waals surface area contributed by atoms with Gasteiger partial charge < -0.3 is 9.72 Å². The van der Waals surface area contributed by atoms with Gasteiger partial charge in [-0.25, -0.2) is 4.98 Å². The third-order valence-electron chi connectivity index (χ3n) is 4.28. The molecule has 0 aliphatic heterocycles. The number of para-hydroxylation sites is 3. The van der Waals surface area contributed by atoms with Crippen LogP contribution >= 0.6 is 23.1 Å². The highest BCUT2D eigenvalue weighted by Gasteiger charge is 2.22. The molecule has 1 amide bonds. The average Bonchev–Trinajstić information content (AvgIpc) is 3.38. The van der Waals surface area contributed by atoms with Crippen LogP contribution in [-0.2, 0) is 4.79 Å². The number of imidazole rings is 1. The van der Waals surface area contributed by atoms with Crippen LogP contribution in [0.25, 0.3) is 21.6 Å². The van der Waals surface area contributed by atoms with Crippen molar-refractivity contribution in [1.29, 1.82) is 0 Å². The highest BCUT2D eigenvalue weighted by atomic mass is 32.2. The number of aromatic nitrogens is 4. The largest absolute Gasteiger partial charge is 0.496 e. The molecule has 29 heavy (non-hydrogen) atoms. The van der Waals surface area contributed by atoms with Crippen molar-refractivity contribution in [2.75, 3.05) is 12.4 Å². The number of methoxy groups -OCH3 is 1. The molecule has 4 aromatic rings. The molecule has 0 aliphatic carbocycles. The van der Waals surface area contributed by atoms with Crippen molar-refractivity contribution in [3.63, 3.8) is 0 Å². The Morgan fingerprint density at radius 2 is 2.00 bits per heavy atom. The summed E-state index contributed by atoms with van der Waals surface area (Å²) in [6.45, 7) is 1.97. The molecular weight excluding hydrogens is 406 g/mol. The number of amides is 1. The zero-order valence-corrected chi connectivity index (χ0v) is 17.5. The Morgan fingerprint density at radius 3 is 2.79 bits per heavy atom. The molecule has 2 N–H and O–H groups in total. The van der Waals surface area contributed by atoms with E-state index in [1.165, 1.54) is 23.1 Å². The monoisotopic (exact) mass is 425 g/mol. The number of thioether (sulfide) groups is 1. The minimum absolute atomic E-state index is 0.124. The number of hydrogen-bond donors (Lipinski definition) is 2. The Morgan fingerprint density at radius 1 is 1.21 bits per heavy atom. The topological polar surface area (TPSA) is 92.8 Å². The fourth-order valence-electron chi connectivity index (χ4n) is 2.83. The normalized spacial score (nSPS) is 12.1. The first-order valence-electron chi connectivity index (χ1n) is 9.07. The van der Waals surface area contributed by atoms with Crippen molar-refractivity contribution in [2.45, 2.75) is 23.8 Å². The van der Waals surface area contributed by atoms with E-state index in [-0.39, 0.29) is 11.2 Å². The Hall–Kier alpha value is -2.91. The Kier molecular flexibility index (Phi) is 5.77. The van der Waals surface area contributed by atoms with Gasteiger partial charge in [0, 0.05) is 0 Å². The van der Waals surface area contributed by atoms with Crippen molar-refractivity contribution in [3.05, 3.63) is 48.5 Å². The van der Waals surface area contributed by atoms with Gasteiger partial charge in [0.2, 0.25) is 11.0 Å². The van der Waals surface area contributed by atoms with Crippen LogP contribution in [0.1, 0.15) is 13.3 Å². The summed E-state index contributed by atoms with van der Waals surface area (Å²) in [7, 11) is 1.61. The van der Waals surface area contributed by atoms with E-state index >= 15 is 0 Å². The number of hydrogen-bond acceptors (Lipinski definition) is 7. The van der Waals surface area contributed by atoms with Crippen molar-refractivity contribution in [2.24, 2.45) is 0 Å². The fourth-order valence-corrected chi connectivity index (χ4v) is 4.53. The van der Waals surface area contributed by atoms with Crippen LogP contribution in [0.3, 0.4) is 0 Å². The molecule has 1 atom stereocenters. The van der Waals surface area contributed by atoms with Crippen molar-refractivity contribution in [1.82, 2.24) is 20.2 Å². The number of aromatic amines is 1. The number of rotatable bonds is 7. The van der Waals surface area contributed by atoms with Crippen LogP contribution in [0.15, 0.2) is 53.7 Å². The van der Waals surface area contributed by atoms with Gasteiger partial charge in [0.1, 0.15) is 5.75 Å². The fraction of sp³-hybridized carbons (Fsp3) is 0.200. The quantitative estimate of drug-likeness (QED) is 0.421. The Bertz CT molecular complexity index is 1110. The second-order valence-corrected chi connectivity index (χ2v) is 8.34. The number of anilines is 1. The molecule has 0 radical (unpaired) electrons. The summed E-state index contributed by atoms with van der Waals surface area (Å²) in [4.78, 5) is 20.6. The van der Waals surface area contributed by atoms with Crippen LogP contribution in [0.4, 0.5) is 5.13 Å². The first-order chi connectivity index (χ1) is 14.2. The maximum Gasteiger partial charge on any atom is 0.239 e. The minimum Gasteiger partial charge on any atom is -0.496 e. The van der Waals surface area contributed by atoms with E-state index in [0.717, 1.165) is 21.8 Å². The number of H-pyrrole nitrogens is 1. The molecule has 4 rings (SSSR count). The van der Waals surface area contributed by atoms with Gasteiger partial charge in [0.05, 0.1) is 29.0 Å². The van der Waals surface area contributed by atoms with Crippen LogP contribution in [0.5, 0.6) is 5.75 Å². The van der Waals surface area contributed by atoms with E-state index in [4.69, 9.17) is 4.74 Å². The smallest absolute Gasteiger partial charge is 0.239 e. The van der Waals surface area contributed by atoms with E-state index in [1.807, 2.05) is 55.5 Å². The predicted octanol–water partition coefficient (Wildman–Crippen LogP) is 4.60. The van der Waals surface area contributed by atoms with Gasteiger partial charge in [-0.3, -0.25) is 10.1 Å². The SMILES string of the molecule is CCC(Sc1nc2ccccc2[nH]1)C(=O)Nc1nnc(-c2ccccc2OC)s1. The van der Waals surface area contributed by atoms with Gasteiger partial charge in [-0.15, -0.1) is 10.2 Å². The summed E-state index contributed by atoms with van der Waals surface area (Å²) in [5.74, 6) is 0.592. The molecule has 0 aliphatic rings. The first-order valence-corrected chi connectivity index (χ1v) is 10.8. The number of nitrogens with one attached hydrogen (secondary N) is 2. The first kappa shape index (κ1) is 19.4. The molecule has 0 fully saturated rings. The molecule has 0 bridgehead atoms. The molecule has 0 saturated heterocycles. The van der Waals surface area contributed by atoms with E-state index < -0.39 is 0 Å². The highest BCUT2D eigenvalue weighted by molar-refractivity contribution is 8.00. The third kappa shape index (κ3) is 4.25. The van der Waals surface area contributed by atoms with Gasteiger partial charge >= 0.3 is 0 Å².